The molecule has 1 aromatic carbocycles. The zero-order valence-electron chi connectivity index (χ0n) is 10.2. The Balaban J connectivity index is 1.84. The molecule has 1 aromatic heterocycles. The van der Waals surface area contributed by atoms with Crippen LogP contribution in [-0.2, 0) is 9.53 Å². The Hall–Kier alpha value is -2.96. The maximum Gasteiger partial charge on any atom is 0.338 e. The van der Waals surface area contributed by atoms with E-state index in [2.05, 4.69) is 15.0 Å². The Morgan fingerprint density at radius 2 is 2.00 bits per heavy atom. The monoisotopic (exact) mass is 274 g/mol. The number of ether oxygens (including phenoxy) is 1. The van der Waals surface area contributed by atoms with Gasteiger partial charge in [0.1, 0.15) is 12.5 Å². The lowest BCUT2D eigenvalue weighted by Crippen LogP contribution is -2.21. The molecule has 102 valence electrons. The summed E-state index contributed by atoms with van der Waals surface area (Å²) in [5, 5.41) is 5.86. The van der Waals surface area contributed by atoms with Crippen molar-refractivity contribution in [3.63, 3.8) is 0 Å². The lowest BCUT2D eigenvalue weighted by Gasteiger charge is -2.04. The van der Waals surface area contributed by atoms with Gasteiger partial charge in [0.2, 0.25) is 0 Å². The summed E-state index contributed by atoms with van der Waals surface area (Å²) < 4.78 is 9.35. The molecule has 0 saturated carbocycles. The average Bonchev–Trinajstić information content (AvgIpc) is 2.97. The Bertz CT molecular complexity index is 604. The van der Waals surface area contributed by atoms with Gasteiger partial charge in [0, 0.05) is 11.6 Å². The van der Waals surface area contributed by atoms with Crippen molar-refractivity contribution in [2.45, 2.75) is 0 Å². The van der Waals surface area contributed by atoms with Crippen LogP contribution in [0.25, 0.3) is 0 Å². The van der Waals surface area contributed by atoms with Gasteiger partial charge in [0.05, 0.1) is 5.56 Å². The average molecular weight is 274 g/mol. The van der Waals surface area contributed by atoms with Crippen LogP contribution >= 0.6 is 0 Å². The third kappa shape index (κ3) is 3.52. The van der Waals surface area contributed by atoms with Gasteiger partial charge >= 0.3 is 5.97 Å². The molecular formula is C13H10N2O5. The van der Waals surface area contributed by atoms with Crippen molar-refractivity contribution in [3.8, 4) is 0 Å². The Morgan fingerprint density at radius 3 is 2.60 bits per heavy atom. The first-order chi connectivity index (χ1) is 9.69. The summed E-state index contributed by atoms with van der Waals surface area (Å²) >= 11 is 0. The molecule has 2 aromatic rings. The van der Waals surface area contributed by atoms with Gasteiger partial charge in [-0.2, -0.15) is 0 Å². The van der Waals surface area contributed by atoms with Crippen molar-refractivity contribution in [1.82, 2.24) is 5.16 Å². The number of carbonyl (C=O) groups is 3. The lowest BCUT2D eigenvalue weighted by molar-refractivity contribution is -0.119. The van der Waals surface area contributed by atoms with E-state index in [-0.39, 0.29) is 11.4 Å². The van der Waals surface area contributed by atoms with Gasteiger partial charge in [-0.1, -0.05) is 17.3 Å². The van der Waals surface area contributed by atoms with E-state index < -0.39 is 18.5 Å². The van der Waals surface area contributed by atoms with Crippen LogP contribution in [0.4, 0.5) is 5.82 Å². The van der Waals surface area contributed by atoms with Gasteiger partial charge < -0.3 is 14.6 Å². The van der Waals surface area contributed by atoms with Crippen molar-refractivity contribution in [3.05, 3.63) is 47.7 Å². The zero-order chi connectivity index (χ0) is 14.4. The largest absolute Gasteiger partial charge is 0.452 e. The number of hydrogen-bond acceptors (Lipinski definition) is 6. The Morgan fingerprint density at radius 1 is 1.25 bits per heavy atom. The predicted octanol–water partition coefficient (Wildman–Crippen LogP) is 1.28. The molecule has 1 heterocycles. The predicted molar refractivity (Wildman–Crippen MR) is 67.2 cm³/mol. The molecule has 0 radical (unpaired) electrons. The van der Waals surface area contributed by atoms with E-state index in [0.29, 0.717) is 11.8 Å². The number of rotatable bonds is 5. The number of hydrogen-bond donors (Lipinski definition) is 1. The minimum absolute atomic E-state index is 0.237. The molecule has 0 aliphatic heterocycles. The van der Waals surface area contributed by atoms with Crippen LogP contribution in [0.5, 0.6) is 0 Å². The highest BCUT2D eigenvalue weighted by Crippen LogP contribution is 2.05. The number of aromatic nitrogens is 1. The first kappa shape index (κ1) is 13.5. The number of benzene rings is 1. The molecule has 0 bridgehead atoms. The molecule has 7 heteroatoms. The van der Waals surface area contributed by atoms with Gasteiger partial charge in [0.15, 0.2) is 12.4 Å². The first-order valence-electron chi connectivity index (χ1n) is 5.61. The maximum atomic E-state index is 11.6. The summed E-state index contributed by atoms with van der Waals surface area (Å²) in [6, 6.07) is 7.32. The zero-order valence-corrected chi connectivity index (χ0v) is 10.2. The first-order valence-corrected chi connectivity index (χ1v) is 5.61. The van der Waals surface area contributed by atoms with Crippen molar-refractivity contribution in [1.29, 1.82) is 0 Å². The third-order valence-corrected chi connectivity index (χ3v) is 2.32. The van der Waals surface area contributed by atoms with Crippen LogP contribution in [0.15, 0.2) is 41.1 Å². The SMILES string of the molecule is O=Cc1ccc(C(=O)OCC(=O)Nc2ccon2)cc1. The fraction of sp³-hybridized carbons (Fsp3) is 0.0769. The van der Waals surface area contributed by atoms with E-state index in [4.69, 9.17) is 4.74 Å². The Kier molecular flexibility index (Phi) is 4.23. The van der Waals surface area contributed by atoms with E-state index in [9.17, 15) is 14.4 Å². The molecule has 0 spiro atoms. The highest BCUT2D eigenvalue weighted by Gasteiger charge is 2.11. The van der Waals surface area contributed by atoms with Crippen LogP contribution < -0.4 is 5.32 Å². The summed E-state index contributed by atoms with van der Waals surface area (Å²) in [5.74, 6) is -0.948. The van der Waals surface area contributed by atoms with Crippen LogP contribution in [0.2, 0.25) is 0 Å². The third-order valence-electron chi connectivity index (χ3n) is 2.32. The number of nitrogens with zero attached hydrogens (tertiary/aromatic N) is 1. The molecular weight excluding hydrogens is 264 g/mol. The van der Waals surface area contributed by atoms with Crippen molar-refractivity contribution >= 4 is 24.0 Å². The highest BCUT2D eigenvalue weighted by atomic mass is 16.5. The van der Waals surface area contributed by atoms with Crippen LogP contribution in [0.1, 0.15) is 20.7 Å². The van der Waals surface area contributed by atoms with Gasteiger partial charge in [-0.05, 0) is 12.1 Å². The topological polar surface area (TPSA) is 98.5 Å². The van der Waals surface area contributed by atoms with Gasteiger partial charge in [0.25, 0.3) is 5.91 Å². The van der Waals surface area contributed by atoms with Crippen LogP contribution in [0.3, 0.4) is 0 Å². The number of esters is 1. The molecule has 2 rings (SSSR count). The fourth-order valence-electron chi connectivity index (χ4n) is 1.37. The smallest absolute Gasteiger partial charge is 0.338 e. The second-order valence-electron chi connectivity index (χ2n) is 3.75. The normalized spacial score (nSPS) is 9.80. The molecule has 1 amide bonds. The fourth-order valence-corrected chi connectivity index (χ4v) is 1.37. The van der Waals surface area contributed by atoms with Crippen molar-refractivity contribution in [2.75, 3.05) is 11.9 Å². The van der Waals surface area contributed by atoms with Crippen LogP contribution in [-0.4, -0.2) is 29.9 Å². The Labute approximate surface area is 113 Å². The molecule has 0 fully saturated rings. The van der Waals surface area contributed by atoms with E-state index in [0.717, 1.165) is 0 Å². The molecule has 0 unspecified atom stereocenters. The van der Waals surface area contributed by atoms with Gasteiger partial charge in [-0.15, -0.1) is 0 Å². The quantitative estimate of drug-likeness (QED) is 0.651. The summed E-state index contributed by atoms with van der Waals surface area (Å²) in [6.07, 6.45) is 1.97. The van der Waals surface area contributed by atoms with Gasteiger partial charge in [-0.25, -0.2) is 4.79 Å². The summed E-state index contributed by atoms with van der Waals surface area (Å²) in [4.78, 5) is 33.5. The van der Waals surface area contributed by atoms with Crippen molar-refractivity contribution in [2.24, 2.45) is 0 Å². The molecule has 1 N–H and O–H groups in total. The maximum absolute atomic E-state index is 11.6. The summed E-state index contributed by atoms with van der Waals surface area (Å²) in [5.41, 5.74) is 0.704. The van der Waals surface area contributed by atoms with E-state index in [1.165, 1.54) is 36.6 Å². The molecule has 0 aliphatic carbocycles. The van der Waals surface area contributed by atoms with E-state index in [1.807, 2.05) is 0 Å². The minimum Gasteiger partial charge on any atom is -0.452 e. The molecule has 20 heavy (non-hydrogen) atoms. The second kappa shape index (κ2) is 6.28. The van der Waals surface area contributed by atoms with E-state index >= 15 is 0 Å². The minimum atomic E-state index is -0.655. The second-order valence-corrected chi connectivity index (χ2v) is 3.75. The number of aldehydes is 1. The standard InChI is InChI=1S/C13H10N2O5/c16-7-9-1-3-10(4-2-9)13(18)19-8-12(17)14-11-5-6-20-15-11/h1-7H,8H2,(H,14,15,17). The summed E-state index contributed by atoms with van der Waals surface area (Å²) in [7, 11) is 0. The summed E-state index contributed by atoms with van der Waals surface area (Å²) in [6.45, 7) is -0.443. The van der Waals surface area contributed by atoms with Crippen molar-refractivity contribution < 1.29 is 23.6 Å². The molecule has 0 saturated heterocycles. The molecule has 0 atom stereocenters. The number of amides is 1. The number of carbonyl (C=O) groups excluding carboxylic acids is 3. The number of nitrogens with one attached hydrogen (secondary N) is 1. The van der Waals surface area contributed by atoms with Crippen LogP contribution in [0, 0.1) is 0 Å². The molecule has 0 aliphatic rings. The number of anilines is 1. The highest BCUT2D eigenvalue weighted by molar-refractivity contribution is 5.95. The lowest BCUT2D eigenvalue weighted by atomic mass is 10.1. The molecule has 7 nitrogen and oxygen atoms in total. The van der Waals surface area contributed by atoms with E-state index in [1.54, 1.807) is 0 Å². The van der Waals surface area contributed by atoms with Gasteiger partial charge in [-0.3, -0.25) is 9.59 Å².